The Labute approximate surface area is 128 Å². The quantitative estimate of drug-likeness (QED) is 0.544. The van der Waals surface area contributed by atoms with Crippen molar-refractivity contribution in [3.63, 3.8) is 0 Å². The molecule has 9 heteroatoms. The third kappa shape index (κ3) is 5.85. The van der Waals surface area contributed by atoms with Gasteiger partial charge in [-0.2, -0.15) is 0 Å². The van der Waals surface area contributed by atoms with Gasteiger partial charge < -0.3 is 18.9 Å². The molecule has 0 saturated carbocycles. The maximum Gasteiger partial charge on any atom is 0.456 e. The number of nitrogens with one attached hydrogen (secondary N) is 1. The summed E-state index contributed by atoms with van der Waals surface area (Å²) in [5.41, 5.74) is 0.0107. The summed E-state index contributed by atoms with van der Waals surface area (Å²) in [6.45, 7) is 3.07. The number of hydrogen-bond acceptors (Lipinski definition) is 6. The Hall–Kier alpha value is -1.89. The number of hydrogen-bond donors (Lipinski definition) is 2. The van der Waals surface area contributed by atoms with Gasteiger partial charge in [0.15, 0.2) is 0 Å². The monoisotopic (exact) mass is 331 g/mol. The number of esters is 2. The Morgan fingerprint density at radius 3 is 2.45 bits per heavy atom. The van der Waals surface area contributed by atoms with Crippen molar-refractivity contribution in [3.8, 4) is 5.75 Å². The van der Waals surface area contributed by atoms with E-state index in [4.69, 9.17) is 9.26 Å². The summed E-state index contributed by atoms with van der Waals surface area (Å²) in [5.74, 6) is -1.49. The van der Waals surface area contributed by atoms with Gasteiger partial charge in [0.25, 0.3) is 0 Å². The summed E-state index contributed by atoms with van der Waals surface area (Å²) in [6.07, 6.45) is 0. The van der Waals surface area contributed by atoms with Crippen molar-refractivity contribution in [1.82, 2.24) is 5.09 Å². The molecule has 0 aliphatic rings. The van der Waals surface area contributed by atoms with Crippen LogP contribution in [0.4, 0.5) is 0 Å². The highest BCUT2D eigenvalue weighted by Crippen LogP contribution is 2.39. The third-order valence-corrected chi connectivity index (χ3v) is 3.33. The fourth-order valence-electron chi connectivity index (χ4n) is 1.47. The van der Waals surface area contributed by atoms with Crippen LogP contribution in [0.3, 0.4) is 0 Å². The van der Waals surface area contributed by atoms with E-state index < -0.39 is 26.2 Å². The average Bonchev–Trinajstić information content (AvgIpc) is 2.46. The van der Waals surface area contributed by atoms with E-state index in [1.807, 2.05) is 0 Å². The molecule has 1 aromatic rings. The summed E-state index contributed by atoms with van der Waals surface area (Å²) >= 11 is 0. The molecule has 1 unspecified atom stereocenters. The number of para-hydroxylation sites is 1. The number of carbonyl (C=O) groups excluding carboxylic acids is 2. The van der Waals surface area contributed by atoms with Crippen LogP contribution in [0.1, 0.15) is 24.2 Å². The zero-order chi connectivity index (χ0) is 16.6. The Morgan fingerprint density at radius 2 is 1.82 bits per heavy atom. The Morgan fingerprint density at radius 1 is 1.18 bits per heavy atom. The summed E-state index contributed by atoms with van der Waals surface area (Å²) in [4.78, 5) is 32.6. The lowest BCUT2D eigenvalue weighted by molar-refractivity contribution is -0.141. The van der Waals surface area contributed by atoms with E-state index in [1.165, 1.54) is 18.2 Å². The number of carbonyl (C=O) groups is 2. The molecule has 0 radical (unpaired) electrons. The van der Waals surface area contributed by atoms with Crippen LogP contribution in [0.15, 0.2) is 24.3 Å². The SMILES string of the molecule is CCOC(=O)CNP(=O)(O)Oc1ccccc1C(=O)OCC. The minimum atomic E-state index is -4.34. The first-order valence-electron chi connectivity index (χ1n) is 6.59. The van der Waals surface area contributed by atoms with E-state index in [2.05, 4.69) is 9.82 Å². The number of ether oxygens (including phenoxy) is 2. The fourth-order valence-corrected chi connectivity index (χ4v) is 2.29. The van der Waals surface area contributed by atoms with E-state index in [1.54, 1.807) is 19.9 Å². The highest BCUT2D eigenvalue weighted by molar-refractivity contribution is 7.51. The Kier molecular flexibility index (Phi) is 7.04. The van der Waals surface area contributed by atoms with E-state index in [0.29, 0.717) is 0 Å². The summed E-state index contributed by atoms with van der Waals surface area (Å²) in [5, 5.41) is 2.05. The van der Waals surface area contributed by atoms with E-state index in [-0.39, 0.29) is 24.5 Å². The zero-order valence-corrected chi connectivity index (χ0v) is 13.2. The highest BCUT2D eigenvalue weighted by Gasteiger charge is 2.25. The Bertz CT molecular complexity index is 575. The van der Waals surface area contributed by atoms with Gasteiger partial charge in [-0.3, -0.25) is 4.79 Å². The molecule has 1 aromatic carbocycles. The predicted octanol–water partition coefficient (Wildman–Crippen LogP) is 1.50. The molecule has 2 N–H and O–H groups in total. The van der Waals surface area contributed by atoms with Gasteiger partial charge in [-0.05, 0) is 26.0 Å². The van der Waals surface area contributed by atoms with Gasteiger partial charge in [-0.1, -0.05) is 12.1 Å². The molecule has 0 fully saturated rings. The van der Waals surface area contributed by atoms with Crippen molar-refractivity contribution in [1.29, 1.82) is 0 Å². The van der Waals surface area contributed by atoms with Crippen molar-refractivity contribution in [2.24, 2.45) is 0 Å². The van der Waals surface area contributed by atoms with Crippen LogP contribution in [0.5, 0.6) is 5.75 Å². The smallest absolute Gasteiger partial charge is 0.456 e. The largest absolute Gasteiger partial charge is 0.465 e. The summed E-state index contributed by atoms with van der Waals surface area (Å²) in [7, 11) is -4.34. The normalized spacial score (nSPS) is 13.0. The lowest BCUT2D eigenvalue weighted by atomic mass is 10.2. The van der Waals surface area contributed by atoms with Crippen molar-refractivity contribution >= 4 is 19.7 Å². The predicted molar refractivity (Wildman–Crippen MR) is 77.5 cm³/mol. The van der Waals surface area contributed by atoms with E-state index in [0.717, 1.165) is 0 Å². The standard InChI is InChI=1S/C13H18NO7P/c1-3-19-12(15)9-14-22(17,18)21-11-8-6-5-7-10(11)13(16)20-4-2/h5-8H,3-4,9H2,1-2H3,(H2,14,17,18). The van der Waals surface area contributed by atoms with Gasteiger partial charge in [0, 0.05) is 0 Å². The molecule has 1 rings (SSSR count). The molecular formula is C13H18NO7P. The highest BCUT2D eigenvalue weighted by atomic mass is 31.2. The Balaban J connectivity index is 2.78. The van der Waals surface area contributed by atoms with Gasteiger partial charge in [0.05, 0.1) is 13.2 Å². The molecule has 0 aliphatic heterocycles. The van der Waals surface area contributed by atoms with Crippen LogP contribution >= 0.6 is 7.75 Å². The second kappa shape index (κ2) is 8.53. The molecule has 0 bridgehead atoms. The molecule has 1 atom stereocenters. The maximum atomic E-state index is 11.9. The third-order valence-electron chi connectivity index (χ3n) is 2.33. The molecule has 0 aromatic heterocycles. The molecule has 0 spiro atoms. The van der Waals surface area contributed by atoms with Gasteiger partial charge in [-0.25, -0.2) is 14.4 Å². The molecule has 0 saturated heterocycles. The summed E-state index contributed by atoms with van der Waals surface area (Å²) < 4.78 is 26.3. The van der Waals surface area contributed by atoms with E-state index in [9.17, 15) is 19.0 Å². The minimum absolute atomic E-state index is 0.0107. The molecule has 0 aliphatic carbocycles. The zero-order valence-electron chi connectivity index (χ0n) is 12.3. The van der Waals surface area contributed by atoms with Gasteiger partial charge in [0.2, 0.25) is 0 Å². The van der Waals surface area contributed by atoms with Crippen LogP contribution in [0.2, 0.25) is 0 Å². The van der Waals surface area contributed by atoms with Crippen LogP contribution in [0.25, 0.3) is 0 Å². The molecule has 22 heavy (non-hydrogen) atoms. The van der Waals surface area contributed by atoms with Crippen molar-refractivity contribution in [3.05, 3.63) is 29.8 Å². The number of rotatable bonds is 8. The molecular weight excluding hydrogens is 313 g/mol. The number of benzene rings is 1. The van der Waals surface area contributed by atoms with Crippen LogP contribution in [-0.2, 0) is 18.8 Å². The lowest BCUT2D eigenvalue weighted by Crippen LogP contribution is -2.24. The fraction of sp³-hybridized carbons (Fsp3) is 0.385. The molecule has 8 nitrogen and oxygen atoms in total. The first-order chi connectivity index (χ1) is 10.4. The van der Waals surface area contributed by atoms with Crippen molar-refractivity contribution in [2.75, 3.05) is 19.8 Å². The van der Waals surface area contributed by atoms with Gasteiger partial charge >= 0.3 is 19.7 Å². The molecule has 0 amide bonds. The van der Waals surface area contributed by atoms with Crippen molar-refractivity contribution < 1.29 is 33.0 Å². The first-order valence-corrected chi connectivity index (χ1v) is 8.16. The van der Waals surface area contributed by atoms with E-state index >= 15 is 0 Å². The summed E-state index contributed by atoms with van der Waals surface area (Å²) in [6, 6.07) is 5.84. The second-order valence-corrected chi connectivity index (χ2v) is 5.51. The first kappa shape index (κ1) is 18.2. The van der Waals surface area contributed by atoms with Crippen LogP contribution in [-0.4, -0.2) is 36.6 Å². The second-order valence-electron chi connectivity index (χ2n) is 3.97. The van der Waals surface area contributed by atoms with Crippen LogP contribution in [0, 0.1) is 0 Å². The van der Waals surface area contributed by atoms with Gasteiger partial charge in [-0.15, -0.1) is 0 Å². The maximum absolute atomic E-state index is 11.9. The molecule has 0 heterocycles. The van der Waals surface area contributed by atoms with Gasteiger partial charge in [0.1, 0.15) is 17.9 Å². The molecule has 122 valence electrons. The average molecular weight is 331 g/mol. The topological polar surface area (TPSA) is 111 Å². The minimum Gasteiger partial charge on any atom is -0.465 e. The van der Waals surface area contributed by atoms with Crippen LogP contribution < -0.4 is 9.61 Å². The van der Waals surface area contributed by atoms with Crippen molar-refractivity contribution in [2.45, 2.75) is 13.8 Å². The lowest BCUT2D eigenvalue weighted by Gasteiger charge is -2.15.